The van der Waals surface area contributed by atoms with Crippen molar-refractivity contribution in [2.75, 3.05) is 5.75 Å². The minimum Gasteiger partial charge on any atom is -0.480 e. The number of carbonyl (C=O) groups excluding carboxylic acids is 1. The Balaban J connectivity index is 1.76. The number of hydrogen-bond acceptors (Lipinski definition) is 4. The van der Waals surface area contributed by atoms with Crippen LogP contribution in [0.1, 0.15) is 50.3 Å². The third-order valence-corrected chi connectivity index (χ3v) is 5.03. The predicted octanol–water partition coefficient (Wildman–Crippen LogP) is 3.78. The molecule has 1 aromatic carbocycles. The van der Waals surface area contributed by atoms with Crippen LogP contribution in [-0.2, 0) is 28.1 Å². The average molecular weight is 365 g/mol. The summed E-state index contributed by atoms with van der Waals surface area (Å²) in [5, 5.41) is 11.7. The second-order valence-electron chi connectivity index (χ2n) is 7.33. The zero-order chi connectivity index (χ0) is 18.4. The molecule has 0 saturated carbocycles. The lowest BCUT2D eigenvalue weighted by Gasteiger charge is -2.22. The third-order valence-electron chi connectivity index (χ3n) is 3.97. The van der Waals surface area contributed by atoms with Gasteiger partial charge in [0.05, 0.1) is 0 Å². The SMILES string of the molecule is CC(C)(C)OC(=O)NC(CCSCc1ccc2c(c1)CCC2)C(=O)O. The summed E-state index contributed by atoms with van der Waals surface area (Å²) in [4.78, 5) is 23.0. The van der Waals surface area contributed by atoms with Gasteiger partial charge in [0.15, 0.2) is 0 Å². The molecule has 6 heteroatoms. The largest absolute Gasteiger partial charge is 0.480 e. The van der Waals surface area contributed by atoms with E-state index in [2.05, 4.69) is 23.5 Å². The Morgan fingerprint density at radius 3 is 2.68 bits per heavy atom. The number of ether oxygens (including phenoxy) is 1. The van der Waals surface area contributed by atoms with Crippen LogP contribution in [0.25, 0.3) is 0 Å². The number of fused-ring (bicyclic) bond motifs is 1. The van der Waals surface area contributed by atoms with Crippen LogP contribution < -0.4 is 5.32 Å². The molecule has 1 amide bonds. The quantitative estimate of drug-likeness (QED) is 0.719. The van der Waals surface area contributed by atoms with Gasteiger partial charge < -0.3 is 15.2 Å². The molecule has 2 N–H and O–H groups in total. The number of carboxylic acids is 1. The molecule has 0 bridgehead atoms. The van der Waals surface area contributed by atoms with E-state index in [9.17, 15) is 14.7 Å². The van der Waals surface area contributed by atoms with Gasteiger partial charge in [-0.05, 0) is 68.9 Å². The minimum absolute atomic E-state index is 0.365. The second kappa shape index (κ2) is 8.61. The Morgan fingerprint density at radius 2 is 2.00 bits per heavy atom. The Kier molecular flexibility index (Phi) is 6.76. The molecule has 1 atom stereocenters. The van der Waals surface area contributed by atoms with Gasteiger partial charge in [-0.2, -0.15) is 11.8 Å². The maximum Gasteiger partial charge on any atom is 0.408 e. The van der Waals surface area contributed by atoms with E-state index in [0.717, 1.165) is 12.2 Å². The number of thioether (sulfide) groups is 1. The molecule has 0 heterocycles. The number of carbonyl (C=O) groups is 2. The molecule has 0 spiro atoms. The zero-order valence-electron chi connectivity index (χ0n) is 15.1. The fraction of sp³-hybridized carbons (Fsp3) is 0.579. The summed E-state index contributed by atoms with van der Waals surface area (Å²) in [6, 6.07) is 5.71. The van der Waals surface area contributed by atoms with E-state index in [4.69, 9.17) is 4.74 Å². The minimum atomic E-state index is -1.04. The topological polar surface area (TPSA) is 75.6 Å². The van der Waals surface area contributed by atoms with Gasteiger partial charge in [-0.15, -0.1) is 0 Å². The lowest BCUT2D eigenvalue weighted by atomic mass is 10.1. The van der Waals surface area contributed by atoms with Gasteiger partial charge in [0.1, 0.15) is 11.6 Å². The highest BCUT2D eigenvalue weighted by molar-refractivity contribution is 7.98. The van der Waals surface area contributed by atoms with E-state index in [1.54, 1.807) is 32.5 Å². The van der Waals surface area contributed by atoms with E-state index in [0.29, 0.717) is 12.2 Å². The van der Waals surface area contributed by atoms with E-state index in [1.807, 2.05) is 0 Å². The Morgan fingerprint density at radius 1 is 1.28 bits per heavy atom. The van der Waals surface area contributed by atoms with Gasteiger partial charge in [0.25, 0.3) is 0 Å². The molecule has 0 saturated heterocycles. The van der Waals surface area contributed by atoms with Crippen molar-refractivity contribution in [1.82, 2.24) is 5.32 Å². The fourth-order valence-electron chi connectivity index (χ4n) is 2.81. The first kappa shape index (κ1) is 19.6. The molecule has 2 rings (SSSR count). The van der Waals surface area contributed by atoms with Crippen LogP contribution in [0.3, 0.4) is 0 Å². The van der Waals surface area contributed by atoms with E-state index in [1.165, 1.54) is 29.5 Å². The van der Waals surface area contributed by atoms with Crippen LogP contribution in [0.4, 0.5) is 4.79 Å². The highest BCUT2D eigenvalue weighted by atomic mass is 32.2. The average Bonchev–Trinajstić information content (AvgIpc) is 2.95. The summed E-state index contributed by atoms with van der Waals surface area (Å²) in [7, 11) is 0. The van der Waals surface area contributed by atoms with Gasteiger partial charge in [-0.1, -0.05) is 18.2 Å². The monoisotopic (exact) mass is 365 g/mol. The summed E-state index contributed by atoms with van der Waals surface area (Å²) in [6.45, 7) is 5.23. The Hall–Kier alpha value is -1.69. The standard InChI is InChI=1S/C19H27NO4S/c1-19(2,3)24-18(23)20-16(17(21)22)9-10-25-12-13-7-8-14-5-4-6-15(14)11-13/h7-8,11,16H,4-6,9-10,12H2,1-3H3,(H,20,23)(H,21,22). The van der Waals surface area contributed by atoms with Crippen molar-refractivity contribution in [3.63, 3.8) is 0 Å². The Labute approximate surface area is 153 Å². The number of nitrogens with one attached hydrogen (secondary N) is 1. The molecule has 5 nitrogen and oxygen atoms in total. The number of carboxylic acid groups (broad SMARTS) is 1. The first-order valence-electron chi connectivity index (χ1n) is 8.65. The predicted molar refractivity (Wildman–Crippen MR) is 100 cm³/mol. The van der Waals surface area contributed by atoms with Gasteiger partial charge in [-0.25, -0.2) is 9.59 Å². The molecule has 0 aromatic heterocycles. The lowest BCUT2D eigenvalue weighted by molar-refractivity contribution is -0.139. The van der Waals surface area contributed by atoms with Crippen LogP contribution in [0.15, 0.2) is 18.2 Å². The number of hydrogen-bond donors (Lipinski definition) is 2. The molecular formula is C19H27NO4S. The van der Waals surface area contributed by atoms with Crippen LogP contribution >= 0.6 is 11.8 Å². The molecule has 1 aliphatic carbocycles. The summed E-state index contributed by atoms with van der Waals surface area (Å²) in [5.74, 6) is 0.472. The molecule has 1 aromatic rings. The molecular weight excluding hydrogens is 338 g/mol. The number of benzene rings is 1. The van der Waals surface area contributed by atoms with Gasteiger partial charge >= 0.3 is 12.1 Å². The van der Waals surface area contributed by atoms with Crippen molar-refractivity contribution < 1.29 is 19.4 Å². The number of aryl methyl sites for hydroxylation is 2. The van der Waals surface area contributed by atoms with Crippen LogP contribution in [0.2, 0.25) is 0 Å². The first-order chi connectivity index (χ1) is 11.7. The number of amides is 1. The van der Waals surface area contributed by atoms with Crippen LogP contribution in [0.5, 0.6) is 0 Å². The smallest absolute Gasteiger partial charge is 0.408 e. The molecule has 25 heavy (non-hydrogen) atoms. The maximum absolute atomic E-state index is 11.7. The first-order valence-corrected chi connectivity index (χ1v) is 9.81. The van der Waals surface area contributed by atoms with E-state index < -0.39 is 23.7 Å². The molecule has 0 radical (unpaired) electrons. The molecule has 0 aliphatic heterocycles. The molecule has 1 unspecified atom stereocenters. The van der Waals surface area contributed by atoms with Crippen molar-refractivity contribution in [3.8, 4) is 0 Å². The fourth-order valence-corrected chi connectivity index (χ4v) is 3.78. The van der Waals surface area contributed by atoms with Crippen LogP contribution in [-0.4, -0.2) is 34.6 Å². The molecule has 0 fully saturated rings. The van der Waals surface area contributed by atoms with Crippen molar-refractivity contribution in [2.45, 2.75) is 63.9 Å². The van der Waals surface area contributed by atoms with E-state index >= 15 is 0 Å². The normalized spacial score (nSPS) is 14.7. The van der Waals surface area contributed by atoms with Crippen molar-refractivity contribution in [3.05, 3.63) is 34.9 Å². The number of alkyl carbamates (subject to hydrolysis) is 1. The van der Waals surface area contributed by atoms with E-state index in [-0.39, 0.29) is 0 Å². The summed E-state index contributed by atoms with van der Waals surface area (Å²) >= 11 is 1.68. The highest BCUT2D eigenvalue weighted by Gasteiger charge is 2.23. The summed E-state index contributed by atoms with van der Waals surface area (Å²) < 4.78 is 5.12. The van der Waals surface area contributed by atoms with Crippen molar-refractivity contribution >= 4 is 23.8 Å². The number of rotatable bonds is 7. The molecule has 1 aliphatic rings. The summed E-state index contributed by atoms with van der Waals surface area (Å²) in [5.41, 5.74) is 3.54. The van der Waals surface area contributed by atoms with Gasteiger partial charge in [0, 0.05) is 5.75 Å². The second-order valence-corrected chi connectivity index (χ2v) is 8.44. The highest BCUT2D eigenvalue weighted by Crippen LogP contribution is 2.24. The lowest BCUT2D eigenvalue weighted by Crippen LogP contribution is -2.43. The zero-order valence-corrected chi connectivity index (χ0v) is 15.9. The number of aliphatic carboxylic acids is 1. The summed E-state index contributed by atoms with van der Waals surface area (Å²) in [6.07, 6.45) is 3.25. The third kappa shape index (κ3) is 6.61. The van der Waals surface area contributed by atoms with Crippen LogP contribution in [0, 0.1) is 0 Å². The van der Waals surface area contributed by atoms with Crippen molar-refractivity contribution in [1.29, 1.82) is 0 Å². The van der Waals surface area contributed by atoms with Gasteiger partial charge in [0.2, 0.25) is 0 Å². The Bertz CT molecular complexity index is 624. The van der Waals surface area contributed by atoms with Crippen molar-refractivity contribution in [2.24, 2.45) is 0 Å². The van der Waals surface area contributed by atoms with Gasteiger partial charge in [-0.3, -0.25) is 0 Å². The maximum atomic E-state index is 11.7. The molecule has 138 valence electrons.